The van der Waals surface area contributed by atoms with Gasteiger partial charge < -0.3 is 5.11 Å². The summed E-state index contributed by atoms with van der Waals surface area (Å²) >= 11 is 0. The quantitative estimate of drug-likeness (QED) is 0.658. The molecule has 0 saturated heterocycles. The summed E-state index contributed by atoms with van der Waals surface area (Å²) in [5.74, 6) is 1.10. The SMILES string of the molecule is CCCCC1C=CC(O)=CC1. The molecule has 1 aliphatic carbocycles. The molecule has 1 rings (SSSR count). The zero-order chi connectivity index (χ0) is 8.10. The molecule has 0 bridgehead atoms. The molecule has 0 fully saturated rings. The van der Waals surface area contributed by atoms with Gasteiger partial charge in [-0.25, -0.2) is 0 Å². The summed E-state index contributed by atoms with van der Waals surface area (Å²) in [5, 5.41) is 9.03. The van der Waals surface area contributed by atoms with Crippen molar-refractivity contribution < 1.29 is 5.11 Å². The van der Waals surface area contributed by atoms with E-state index in [0.29, 0.717) is 11.7 Å². The summed E-state index contributed by atoms with van der Waals surface area (Å²) in [6.07, 6.45) is 10.7. The number of aliphatic hydroxyl groups excluding tert-OH is 1. The topological polar surface area (TPSA) is 20.2 Å². The molecule has 0 saturated carbocycles. The van der Waals surface area contributed by atoms with E-state index in [1.54, 1.807) is 0 Å². The van der Waals surface area contributed by atoms with Crippen LogP contribution in [0.25, 0.3) is 0 Å². The second-order valence-corrected chi connectivity index (χ2v) is 3.13. The average molecular weight is 152 g/mol. The van der Waals surface area contributed by atoms with Gasteiger partial charge in [0.2, 0.25) is 0 Å². The van der Waals surface area contributed by atoms with Gasteiger partial charge in [-0.05, 0) is 30.9 Å². The number of rotatable bonds is 3. The van der Waals surface area contributed by atoms with E-state index in [1.165, 1.54) is 19.3 Å². The smallest absolute Gasteiger partial charge is 0.111 e. The second kappa shape index (κ2) is 4.22. The second-order valence-electron chi connectivity index (χ2n) is 3.13. The average Bonchev–Trinajstić information content (AvgIpc) is 2.04. The van der Waals surface area contributed by atoms with Gasteiger partial charge in [-0.2, -0.15) is 0 Å². The van der Waals surface area contributed by atoms with Crippen molar-refractivity contribution in [3.8, 4) is 0 Å². The molecule has 62 valence electrons. The molecule has 0 amide bonds. The third kappa shape index (κ3) is 2.79. The summed E-state index contributed by atoms with van der Waals surface area (Å²) in [4.78, 5) is 0. The Morgan fingerprint density at radius 3 is 3.00 bits per heavy atom. The predicted octanol–water partition coefficient (Wildman–Crippen LogP) is 3.19. The Balaban J connectivity index is 2.25. The largest absolute Gasteiger partial charge is 0.508 e. The number of unbranched alkanes of at least 4 members (excludes halogenated alkanes) is 1. The molecule has 0 aromatic carbocycles. The van der Waals surface area contributed by atoms with Gasteiger partial charge in [-0.15, -0.1) is 0 Å². The van der Waals surface area contributed by atoms with Crippen LogP contribution in [0.2, 0.25) is 0 Å². The summed E-state index contributed by atoms with van der Waals surface area (Å²) < 4.78 is 0. The Morgan fingerprint density at radius 2 is 2.45 bits per heavy atom. The normalized spacial score (nSPS) is 23.4. The molecule has 1 aliphatic rings. The van der Waals surface area contributed by atoms with Crippen LogP contribution in [0, 0.1) is 5.92 Å². The first-order chi connectivity index (χ1) is 5.33. The van der Waals surface area contributed by atoms with E-state index in [1.807, 2.05) is 12.2 Å². The lowest BCUT2D eigenvalue weighted by Crippen LogP contribution is -1.99. The molecule has 0 aromatic rings. The number of aliphatic hydroxyl groups is 1. The molecule has 1 N–H and O–H groups in total. The first-order valence-electron chi connectivity index (χ1n) is 4.40. The highest BCUT2D eigenvalue weighted by Gasteiger charge is 2.06. The molecular formula is C10H16O. The van der Waals surface area contributed by atoms with Gasteiger partial charge in [-0.3, -0.25) is 0 Å². The fraction of sp³-hybridized carbons (Fsp3) is 0.600. The molecular weight excluding hydrogens is 136 g/mol. The minimum absolute atomic E-state index is 0.428. The summed E-state index contributed by atoms with van der Waals surface area (Å²) in [6.45, 7) is 2.21. The predicted molar refractivity (Wildman–Crippen MR) is 47.5 cm³/mol. The highest BCUT2D eigenvalue weighted by molar-refractivity contribution is 5.16. The van der Waals surface area contributed by atoms with Crippen LogP contribution in [0.15, 0.2) is 24.0 Å². The van der Waals surface area contributed by atoms with Crippen LogP contribution in [0.1, 0.15) is 32.6 Å². The van der Waals surface area contributed by atoms with Gasteiger partial charge >= 0.3 is 0 Å². The van der Waals surface area contributed by atoms with Crippen molar-refractivity contribution in [1.29, 1.82) is 0 Å². The lowest BCUT2D eigenvalue weighted by Gasteiger charge is -2.12. The summed E-state index contributed by atoms with van der Waals surface area (Å²) in [5.41, 5.74) is 0. The van der Waals surface area contributed by atoms with E-state index in [4.69, 9.17) is 5.11 Å². The molecule has 0 radical (unpaired) electrons. The Hall–Kier alpha value is -0.720. The third-order valence-corrected chi connectivity index (χ3v) is 2.10. The van der Waals surface area contributed by atoms with Crippen molar-refractivity contribution >= 4 is 0 Å². The zero-order valence-corrected chi connectivity index (χ0v) is 7.09. The third-order valence-electron chi connectivity index (χ3n) is 2.10. The first kappa shape index (κ1) is 8.38. The highest BCUT2D eigenvalue weighted by Crippen LogP contribution is 2.19. The van der Waals surface area contributed by atoms with Gasteiger partial charge in [-0.1, -0.05) is 25.8 Å². The minimum Gasteiger partial charge on any atom is -0.508 e. The Morgan fingerprint density at radius 1 is 1.64 bits per heavy atom. The van der Waals surface area contributed by atoms with E-state index in [2.05, 4.69) is 13.0 Å². The van der Waals surface area contributed by atoms with Crippen molar-refractivity contribution in [3.63, 3.8) is 0 Å². The van der Waals surface area contributed by atoms with Crippen LogP contribution in [0.5, 0.6) is 0 Å². The Bertz CT molecular complexity index is 168. The fourth-order valence-corrected chi connectivity index (χ4v) is 1.33. The van der Waals surface area contributed by atoms with Crippen LogP contribution in [-0.2, 0) is 0 Å². The van der Waals surface area contributed by atoms with Crippen molar-refractivity contribution in [1.82, 2.24) is 0 Å². The molecule has 1 unspecified atom stereocenters. The molecule has 11 heavy (non-hydrogen) atoms. The maximum Gasteiger partial charge on any atom is 0.111 e. The molecule has 0 aromatic heterocycles. The number of allylic oxidation sites excluding steroid dienone is 3. The fourth-order valence-electron chi connectivity index (χ4n) is 1.33. The van der Waals surface area contributed by atoms with Crippen molar-refractivity contribution in [2.45, 2.75) is 32.6 Å². The zero-order valence-electron chi connectivity index (χ0n) is 7.09. The first-order valence-corrected chi connectivity index (χ1v) is 4.40. The lowest BCUT2D eigenvalue weighted by atomic mass is 9.95. The van der Waals surface area contributed by atoms with Crippen LogP contribution in [-0.4, -0.2) is 5.11 Å². The highest BCUT2D eigenvalue weighted by atomic mass is 16.3. The number of hydrogen-bond donors (Lipinski definition) is 1. The molecule has 1 heteroatoms. The van der Waals surface area contributed by atoms with E-state index in [9.17, 15) is 0 Å². The van der Waals surface area contributed by atoms with Gasteiger partial charge in [0.15, 0.2) is 0 Å². The maximum absolute atomic E-state index is 9.03. The summed E-state index contributed by atoms with van der Waals surface area (Å²) in [6, 6.07) is 0. The van der Waals surface area contributed by atoms with Crippen LogP contribution < -0.4 is 0 Å². The van der Waals surface area contributed by atoms with Crippen molar-refractivity contribution in [3.05, 3.63) is 24.0 Å². The van der Waals surface area contributed by atoms with Crippen molar-refractivity contribution in [2.75, 3.05) is 0 Å². The summed E-state index contributed by atoms with van der Waals surface area (Å²) in [7, 11) is 0. The Kier molecular flexibility index (Phi) is 3.21. The van der Waals surface area contributed by atoms with Crippen LogP contribution in [0.3, 0.4) is 0 Å². The standard InChI is InChI=1S/C10H16O/c1-2-3-4-9-5-7-10(11)8-6-9/h5,7-9,11H,2-4,6H2,1H3. The van der Waals surface area contributed by atoms with E-state index < -0.39 is 0 Å². The Labute approximate surface area is 68.4 Å². The maximum atomic E-state index is 9.03. The van der Waals surface area contributed by atoms with Crippen LogP contribution >= 0.6 is 0 Å². The van der Waals surface area contributed by atoms with Crippen molar-refractivity contribution in [2.24, 2.45) is 5.92 Å². The minimum atomic E-state index is 0.428. The van der Waals surface area contributed by atoms with E-state index in [0.717, 1.165) is 6.42 Å². The molecule has 0 aliphatic heterocycles. The molecule has 0 heterocycles. The molecule has 1 atom stereocenters. The van der Waals surface area contributed by atoms with Gasteiger partial charge in [0.05, 0.1) is 0 Å². The van der Waals surface area contributed by atoms with E-state index >= 15 is 0 Å². The van der Waals surface area contributed by atoms with Gasteiger partial charge in [0.1, 0.15) is 5.76 Å². The lowest BCUT2D eigenvalue weighted by molar-refractivity contribution is 0.417. The van der Waals surface area contributed by atoms with E-state index in [-0.39, 0.29) is 0 Å². The van der Waals surface area contributed by atoms with Gasteiger partial charge in [0, 0.05) is 0 Å². The van der Waals surface area contributed by atoms with Gasteiger partial charge in [0.25, 0.3) is 0 Å². The monoisotopic (exact) mass is 152 g/mol. The number of hydrogen-bond acceptors (Lipinski definition) is 1. The van der Waals surface area contributed by atoms with Crippen LogP contribution in [0.4, 0.5) is 0 Å². The molecule has 0 spiro atoms. The molecule has 1 nitrogen and oxygen atoms in total.